The number of rotatable bonds is 1. The molecule has 0 bridgehead atoms. The normalized spacial score (nSPS) is 14.5. The molecule has 1 heterocycles. The fourth-order valence-corrected chi connectivity index (χ4v) is 3.89. The van der Waals surface area contributed by atoms with Gasteiger partial charge in [-0.25, -0.2) is 8.42 Å². The van der Waals surface area contributed by atoms with Gasteiger partial charge in [-0.3, -0.25) is 0 Å². The standard InChI is InChI=1S/C13H10ClNO2S/c14-18(16,17)13-9-5-1-3-7-11(9)15-12-8-4-2-6-10(12)13/h1-8,13,15H. The monoisotopic (exact) mass is 279 g/mol. The van der Waals surface area contributed by atoms with Gasteiger partial charge in [-0.05, 0) is 23.3 Å². The zero-order valence-corrected chi connectivity index (χ0v) is 10.9. The fourth-order valence-electron chi connectivity index (χ4n) is 2.29. The number of hydrogen-bond acceptors (Lipinski definition) is 3. The van der Waals surface area contributed by atoms with Crippen molar-refractivity contribution in [2.24, 2.45) is 0 Å². The highest BCUT2D eigenvalue weighted by atomic mass is 35.7. The zero-order chi connectivity index (χ0) is 12.8. The highest BCUT2D eigenvalue weighted by molar-refractivity contribution is 8.14. The van der Waals surface area contributed by atoms with Crippen molar-refractivity contribution in [3.63, 3.8) is 0 Å². The fraction of sp³-hybridized carbons (Fsp3) is 0.0769. The van der Waals surface area contributed by atoms with Crippen LogP contribution in [0.15, 0.2) is 48.5 Å². The lowest BCUT2D eigenvalue weighted by Crippen LogP contribution is -2.17. The van der Waals surface area contributed by atoms with Crippen molar-refractivity contribution in [1.82, 2.24) is 0 Å². The van der Waals surface area contributed by atoms with Gasteiger partial charge in [0.2, 0.25) is 9.05 Å². The number of benzene rings is 2. The van der Waals surface area contributed by atoms with Gasteiger partial charge in [0.05, 0.1) is 0 Å². The Bertz CT molecular complexity index is 667. The maximum Gasteiger partial charge on any atom is 0.243 e. The van der Waals surface area contributed by atoms with Crippen molar-refractivity contribution in [3.8, 4) is 0 Å². The van der Waals surface area contributed by atoms with Crippen LogP contribution >= 0.6 is 10.7 Å². The van der Waals surface area contributed by atoms with Crippen molar-refractivity contribution < 1.29 is 8.42 Å². The molecule has 0 radical (unpaired) electrons. The third-order valence-corrected chi connectivity index (χ3v) is 4.64. The van der Waals surface area contributed by atoms with Crippen molar-refractivity contribution in [2.75, 3.05) is 5.32 Å². The number of halogens is 1. The first-order valence-corrected chi connectivity index (χ1v) is 7.83. The Morgan fingerprint density at radius 1 is 0.889 bits per heavy atom. The number of anilines is 2. The average Bonchev–Trinajstić information content (AvgIpc) is 2.34. The second-order valence-electron chi connectivity index (χ2n) is 4.16. The predicted molar refractivity (Wildman–Crippen MR) is 72.8 cm³/mol. The SMILES string of the molecule is O=S(=O)(Cl)C1c2ccccc2Nc2ccccc21. The molecule has 0 saturated carbocycles. The van der Waals surface area contributed by atoms with Crippen molar-refractivity contribution in [3.05, 3.63) is 59.7 Å². The molecule has 0 amide bonds. The molecule has 18 heavy (non-hydrogen) atoms. The Kier molecular flexibility index (Phi) is 2.57. The number of hydrogen-bond donors (Lipinski definition) is 1. The second kappa shape index (κ2) is 4.00. The number of nitrogens with one attached hydrogen (secondary N) is 1. The molecule has 0 fully saturated rings. The predicted octanol–water partition coefficient (Wildman–Crippen LogP) is 3.40. The molecule has 1 aliphatic rings. The molecule has 92 valence electrons. The van der Waals surface area contributed by atoms with Crippen molar-refractivity contribution in [1.29, 1.82) is 0 Å². The molecular formula is C13H10ClNO2S. The first-order valence-electron chi connectivity index (χ1n) is 5.46. The lowest BCUT2D eigenvalue weighted by Gasteiger charge is -2.27. The summed E-state index contributed by atoms with van der Waals surface area (Å²) in [5.74, 6) is 0. The molecule has 5 heteroatoms. The highest BCUT2D eigenvalue weighted by Crippen LogP contribution is 2.44. The Hall–Kier alpha value is -1.52. The van der Waals surface area contributed by atoms with E-state index in [1.54, 1.807) is 12.1 Å². The summed E-state index contributed by atoms with van der Waals surface area (Å²) in [7, 11) is 1.89. The minimum Gasteiger partial charge on any atom is -0.355 e. The van der Waals surface area contributed by atoms with E-state index in [1.807, 2.05) is 36.4 Å². The summed E-state index contributed by atoms with van der Waals surface area (Å²) in [4.78, 5) is 0. The van der Waals surface area contributed by atoms with Crippen LogP contribution in [0.25, 0.3) is 0 Å². The van der Waals surface area contributed by atoms with Gasteiger partial charge in [0.25, 0.3) is 0 Å². The summed E-state index contributed by atoms with van der Waals surface area (Å²) < 4.78 is 23.7. The Labute approximate surface area is 110 Å². The van der Waals surface area contributed by atoms with E-state index in [0.717, 1.165) is 11.4 Å². The van der Waals surface area contributed by atoms with Gasteiger partial charge in [0, 0.05) is 22.1 Å². The molecule has 0 spiro atoms. The molecule has 0 aromatic heterocycles. The van der Waals surface area contributed by atoms with E-state index in [9.17, 15) is 8.42 Å². The van der Waals surface area contributed by atoms with Crippen LogP contribution in [0.1, 0.15) is 16.4 Å². The molecule has 0 saturated heterocycles. The number of fused-ring (bicyclic) bond motifs is 2. The van der Waals surface area contributed by atoms with E-state index in [1.165, 1.54) is 0 Å². The van der Waals surface area contributed by atoms with Crippen molar-refractivity contribution >= 4 is 31.1 Å². The molecular weight excluding hydrogens is 270 g/mol. The van der Waals surface area contributed by atoms with E-state index >= 15 is 0 Å². The molecule has 1 N–H and O–H groups in total. The Balaban J connectivity index is 2.31. The molecule has 0 unspecified atom stereocenters. The van der Waals surface area contributed by atoms with Crippen LogP contribution in [0, 0.1) is 0 Å². The first-order chi connectivity index (χ1) is 8.57. The van der Waals surface area contributed by atoms with Gasteiger partial charge >= 0.3 is 0 Å². The van der Waals surface area contributed by atoms with Crippen molar-refractivity contribution in [2.45, 2.75) is 5.25 Å². The summed E-state index contributed by atoms with van der Waals surface area (Å²) in [5.41, 5.74) is 2.94. The average molecular weight is 280 g/mol. The summed E-state index contributed by atoms with van der Waals surface area (Å²) in [6.45, 7) is 0. The molecule has 1 aliphatic heterocycles. The van der Waals surface area contributed by atoms with Gasteiger partial charge in [-0.2, -0.15) is 0 Å². The minimum absolute atomic E-state index is 0.686. The molecule has 3 nitrogen and oxygen atoms in total. The van der Waals surface area contributed by atoms with E-state index < -0.39 is 14.3 Å². The van der Waals surface area contributed by atoms with Gasteiger partial charge < -0.3 is 5.32 Å². The van der Waals surface area contributed by atoms with Gasteiger partial charge in [-0.15, -0.1) is 0 Å². The van der Waals surface area contributed by atoms with Crippen LogP contribution < -0.4 is 5.32 Å². The molecule has 2 aromatic carbocycles. The maximum atomic E-state index is 11.8. The van der Waals surface area contributed by atoms with Crippen LogP contribution in [0.5, 0.6) is 0 Å². The lowest BCUT2D eigenvalue weighted by molar-refractivity contribution is 0.603. The summed E-state index contributed by atoms with van der Waals surface area (Å²) in [5, 5.41) is 2.41. The lowest BCUT2D eigenvalue weighted by atomic mass is 9.97. The third kappa shape index (κ3) is 1.78. The van der Waals surface area contributed by atoms with Crippen LogP contribution in [0.3, 0.4) is 0 Å². The van der Waals surface area contributed by atoms with Gasteiger partial charge in [-0.1, -0.05) is 36.4 Å². The van der Waals surface area contributed by atoms with Gasteiger partial charge in [0.15, 0.2) is 0 Å². The van der Waals surface area contributed by atoms with Crippen LogP contribution in [-0.2, 0) is 9.05 Å². The summed E-state index contributed by atoms with van der Waals surface area (Å²) >= 11 is 0. The van der Waals surface area contributed by atoms with Crippen LogP contribution in [-0.4, -0.2) is 8.42 Å². The minimum atomic E-state index is -3.72. The number of para-hydroxylation sites is 2. The maximum absolute atomic E-state index is 11.8. The highest BCUT2D eigenvalue weighted by Gasteiger charge is 2.34. The summed E-state index contributed by atoms with van der Waals surface area (Å²) in [6, 6.07) is 14.6. The first kappa shape index (κ1) is 11.6. The Morgan fingerprint density at radius 2 is 1.33 bits per heavy atom. The smallest absolute Gasteiger partial charge is 0.243 e. The quantitative estimate of drug-likeness (QED) is 0.814. The largest absolute Gasteiger partial charge is 0.355 e. The van der Waals surface area contributed by atoms with E-state index in [-0.39, 0.29) is 0 Å². The van der Waals surface area contributed by atoms with E-state index in [4.69, 9.17) is 10.7 Å². The molecule has 0 aliphatic carbocycles. The van der Waals surface area contributed by atoms with E-state index in [0.29, 0.717) is 11.1 Å². The zero-order valence-electron chi connectivity index (χ0n) is 9.30. The summed E-state index contributed by atoms with van der Waals surface area (Å²) in [6.07, 6.45) is 0. The molecule has 0 atom stereocenters. The Morgan fingerprint density at radius 3 is 1.78 bits per heavy atom. The van der Waals surface area contributed by atoms with Crippen LogP contribution in [0.2, 0.25) is 0 Å². The van der Waals surface area contributed by atoms with Gasteiger partial charge in [0.1, 0.15) is 5.25 Å². The molecule has 2 aromatic rings. The van der Waals surface area contributed by atoms with Crippen LogP contribution in [0.4, 0.5) is 11.4 Å². The second-order valence-corrected chi connectivity index (χ2v) is 6.87. The third-order valence-electron chi connectivity index (χ3n) is 3.04. The molecule has 3 rings (SSSR count). The topological polar surface area (TPSA) is 46.2 Å². The van der Waals surface area contributed by atoms with E-state index in [2.05, 4.69) is 5.32 Å².